The van der Waals surface area contributed by atoms with Gasteiger partial charge in [0.25, 0.3) is 0 Å². The fraction of sp³-hybridized carbons (Fsp3) is 0.240. The lowest BCUT2D eigenvalue weighted by atomic mass is 9.90. The zero-order valence-corrected chi connectivity index (χ0v) is 19.2. The summed E-state index contributed by atoms with van der Waals surface area (Å²) in [6.07, 6.45) is 2.74. The van der Waals surface area contributed by atoms with E-state index in [-0.39, 0.29) is 11.7 Å². The molecule has 0 saturated carbocycles. The smallest absolute Gasteiger partial charge is 0.243 e. The molecule has 0 bridgehead atoms. The first-order valence-electron chi connectivity index (χ1n) is 10.2. The zero-order valence-electron chi connectivity index (χ0n) is 17.6. The molecule has 1 fully saturated rings. The quantitative estimate of drug-likeness (QED) is 0.484. The molecule has 0 N–H and O–H groups in total. The number of benzene rings is 2. The molecule has 3 aromatic rings. The minimum Gasteiger partial charge on any atom is -0.295 e. The molecule has 0 spiro atoms. The van der Waals surface area contributed by atoms with Crippen molar-refractivity contribution in [2.24, 2.45) is 5.92 Å². The number of hydrogen-bond acceptors (Lipinski definition) is 4. The highest BCUT2D eigenvalue weighted by Crippen LogP contribution is 2.33. The van der Waals surface area contributed by atoms with Gasteiger partial charge in [0, 0.05) is 23.5 Å². The topological polar surface area (TPSA) is 54.5 Å². The molecule has 4 rings (SSSR count). The van der Waals surface area contributed by atoms with E-state index in [1.807, 2.05) is 60.8 Å². The molecule has 2 aromatic carbocycles. The predicted molar refractivity (Wildman–Crippen MR) is 126 cm³/mol. The maximum Gasteiger partial charge on any atom is 0.243 e. The Balaban J connectivity index is 1.68. The molecule has 160 valence electrons. The number of sulfonamides is 1. The van der Waals surface area contributed by atoms with Crippen molar-refractivity contribution < 1.29 is 13.2 Å². The Morgan fingerprint density at radius 2 is 1.84 bits per heavy atom. The van der Waals surface area contributed by atoms with Crippen molar-refractivity contribution >= 4 is 33.2 Å². The van der Waals surface area contributed by atoms with E-state index in [4.69, 9.17) is 0 Å². The molecule has 1 aliphatic heterocycles. The van der Waals surface area contributed by atoms with Gasteiger partial charge in [0.05, 0.1) is 4.90 Å². The van der Waals surface area contributed by atoms with Crippen LogP contribution in [0.2, 0.25) is 0 Å². The molecular formula is C25H25NO3S2. The number of carbonyl (C=O) groups is 1. The van der Waals surface area contributed by atoms with Crippen LogP contribution in [0, 0.1) is 12.8 Å². The van der Waals surface area contributed by atoms with Crippen molar-refractivity contribution in [2.45, 2.75) is 25.2 Å². The van der Waals surface area contributed by atoms with Crippen LogP contribution in [-0.2, 0) is 16.4 Å². The number of nitrogens with zero attached hydrogens (tertiary/aromatic N) is 1. The lowest BCUT2D eigenvalue weighted by molar-refractivity contribution is 0.101. The Bertz CT molecular complexity index is 1210. The number of carbonyl (C=O) groups excluding carboxylic acids is 1. The molecular weight excluding hydrogens is 426 g/mol. The van der Waals surface area contributed by atoms with Gasteiger partial charge in [-0.05, 0) is 67.0 Å². The molecule has 1 atom stereocenters. The summed E-state index contributed by atoms with van der Waals surface area (Å²) >= 11 is 1.63. The van der Waals surface area contributed by atoms with E-state index in [9.17, 15) is 13.2 Å². The van der Waals surface area contributed by atoms with Crippen molar-refractivity contribution in [3.05, 3.63) is 93.2 Å². The van der Waals surface area contributed by atoms with Crippen molar-refractivity contribution in [3.63, 3.8) is 0 Å². The molecule has 0 radical (unpaired) electrons. The largest absolute Gasteiger partial charge is 0.295 e. The van der Waals surface area contributed by atoms with Crippen LogP contribution in [-0.4, -0.2) is 31.6 Å². The lowest BCUT2D eigenvalue weighted by Gasteiger charge is -2.17. The van der Waals surface area contributed by atoms with Crippen molar-refractivity contribution in [3.8, 4) is 0 Å². The number of ketones is 1. The first-order chi connectivity index (χ1) is 14.8. The zero-order chi connectivity index (χ0) is 22.0. The van der Waals surface area contributed by atoms with Gasteiger partial charge in [0.2, 0.25) is 10.0 Å². The minimum atomic E-state index is -3.59. The van der Waals surface area contributed by atoms with Crippen LogP contribution in [0.3, 0.4) is 0 Å². The SMILES string of the molecule is CC(=O)c1ccccc1CC1CN(S(=O)(=O)c2ccc(C)cc2)C/C1=C\c1cccs1. The van der Waals surface area contributed by atoms with Gasteiger partial charge >= 0.3 is 0 Å². The summed E-state index contributed by atoms with van der Waals surface area (Å²) in [6, 6.07) is 18.6. The maximum absolute atomic E-state index is 13.3. The van der Waals surface area contributed by atoms with Gasteiger partial charge in [-0.3, -0.25) is 4.79 Å². The maximum atomic E-state index is 13.3. The summed E-state index contributed by atoms with van der Waals surface area (Å²) in [4.78, 5) is 13.5. The van der Waals surface area contributed by atoms with Crippen LogP contribution in [0.4, 0.5) is 0 Å². The standard InChI is InChI=1S/C25H25NO3S2/c1-18-9-11-24(12-10-18)31(28,29)26-16-21(22(17-26)15-23-7-5-13-30-23)14-20-6-3-4-8-25(20)19(2)27/h3-13,15,21H,14,16-17H2,1-2H3/b22-15+. The Labute approximate surface area is 187 Å². The van der Waals surface area contributed by atoms with Crippen molar-refractivity contribution in [1.82, 2.24) is 4.31 Å². The highest BCUT2D eigenvalue weighted by atomic mass is 32.2. The predicted octanol–water partition coefficient (Wildman–Crippen LogP) is 5.21. The Morgan fingerprint density at radius 3 is 2.52 bits per heavy atom. The molecule has 1 saturated heterocycles. The first-order valence-corrected chi connectivity index (χ1v) is 12.6. The number of hydrogen-bond donors (Lipinski definition) is 0. The monoisotopic (exact) mass is 451 g/mol. The van der Waals surface area contributed by atoms with Crippen molar-refractivity contribution in [2.75, 3.05) is 13.1 Å². The summed E-state index contributed by atoms with van der Waals surface area (Å²) in [6.45, 7) is 4.28. The second-order valence-electron chi connectivity index (χ2n) is 7.96. The molecule has 0 amide bonds. The van der Waals surface area contributed by atoms with E-state index < -0.39 is 10.0 Å². The molecule has 2 heterocycles. The third-order valence-corrected chi connectivity index (χ3v) is 8.35. The van der Waals surface area contributed by atoms with E-state index in [0.717, 1.165) is 21.6 Å². The molecule has 31 heavy (non-hydrogen) atoms. The van der Waals surface area contributed by atoms with Crippen LogP contribution in [0.1, 0.15) is 33.3 Å². The van der Waals surface area contributed by atoms with E-state index in [1.54, 1.807) is 34.7 Å². The minimum absolute atomic E-state index is 0.0165. The summed E-state index contributed by atoms with van der Waals surface area (Å²) in [5, 5.41) is 2.02. The van der Waals surface area contributed by atoms with Gasteiger partial charge in [-0.2, -0.15) is 4.31 Å². The Hall–Kier alpha value is -2.54. The van der Waals surface area contributed by atoms with Gasteiger partial charge in [0.15, 0.2) is 5.78 Å². The lowest BCUT2D eigenvalue weighted by Crippen LogP contribution is -2.29. The summed E-state index contributed by atoms with van der Waals surface area (Å²) in [5.74, 6) is 0.0457. The third kappa shape index (κ3) is 4.71. The third-order valence-electron chi connectivity index (χ3n) is 5.70. The van der Waals surface area contributed by atoms with Gasteiger partial charge in [-0.15, -0.1) is 11.3 Å². The normalized spacial score (nSPS) is 18.5. The highest BCUT2D eigenvalue weighted by Gasteiger charge is 2.36. The Kier molecular flexibility index (Phi) is 6.23. The second-order valence-corrected chi connectivity index (χ2v) is 10.9. The number of rotatable bonds is 6. The van der Waals surface area contributed by atoms with Crippen LogP contribution in [0.15, 0.2) is 76.5 Å². The van der Waals surface area contributed by atoms with E-state index in [2.05, 4.69) is 6.08 Å². The summed E-state index contributed by atoms with van der Waals surface area (Å²) in [5.41, 5.74) is 3.78. The highest BCUT2D eigenvalue weighted by molar-refractivity contribution is 7.89. The van der Waals surface area contributed by atoms with Crippen LogP contribution < -0.4 is 0 Å². The molecule has 4 nitrogen and oxygen atoms in total. The fourth-order valence-electron chi connectivity index (χ4n) is 4.03. The van der Waals surface area contributed by atoms with Gasteiger partial charge in [0.1, 0.15) is 0 Å². The second kappa shape index (κ2) is 8.91. The average molecular weight is 452 g/mol. The van der Waals surface area contributed by atoms with Crippen LogP contribution in [0.25, 0.3) is 6.08 Å². The van der Waals surface area contributed by atoms with E-state index in [0.29, 0.717) is 30.0 Å². The molecule has 1 aliphatic rings. The summed E-state index contributed by atoms with van der Waals surface area (Å²) in [7, 11) is -3.59. The summed E-state index contributed by atoms with van der Waals surface area (Å²) < 4.78 is 28.2. The van der Waals surface area contributed by atoms with E-state index in [1.165, 1.54) is 0 Å². The molecule has 6 heteroatoms. The van der Waals surface area contributed by atoms with Crippen molar-refractivity contribution in [1.29, 1.82) is 0 Å². The molecule has 1 aromatic heterocycles. The van der Waals surface area contributed by atoms with E-state index >= 15 is 0 Å². The Morgan fingerprint density at radius 1 is 1.10 bits per heavy atom. The molecule has 1 unspecified atom stereocenters. The van der Waals surface area contributed by atoms with Gasteiger partial charge < -0.3 is 0 Å². The fourth-order valence-corrected chi connectivity index (χ4v) is 6.19. The number of aryl methyl sites for hydroxylation is 1. The number of Topliss-reactive ketones (excluding diaryl/α,β-unsaturated/α-hetero) is 1. The number of thiophene rings is 1. The first kappa shape index (κ1) is 21.7. The van der Waals surface area contributed by atoms with Crippen LogP contribution in [0.5, 0.6) is 0 Å². The average Bonchev–Trinajstić information content (AvgIpc) is 3.40. The van der Waals surface area contributed by atoms with Gasteiger partial charge in [-0.25, -0.2) is 8.42 Å². The molecule has 0 aliphatic carbocycles. The van der Waals surface area contributed by atoms with Gasteiger partial charge in [-0.1, -0.05) is 48.0 Å². The van der Waals surface area contributed by atoms with Crippen LogP contribution >= 0.6 is 11.3 Å².